The van der Waals surface area contributed by atoms with Crippen molar-refractivity contribution in [2.75, 3.05) is 19.3 Å². The second-order valence-corrected chi connectivity index (χ2v) is 12.8. The molecule has 0 saturated carbocycles. The van der Waals surface area contributed by atoms with Crippen LogP contribution in [0.4, 0.5) is 9.59 Å². The lowest BCUT2D eigenvalue weighted by atomic mass is 9.87. The van der Waals surface area contributed by atoms with Crippen molar-refractivity contribution in [2.45, 2.75) is 63.6 Å². The van der Waals surface area contributed by atoms with Gasteiger partial charge in [0.25, 0.3) is 5.91 Å². The smallest absolute Gasteiger partial charge is 0.424 e. The van der Waals surface area contributed by atoms with Crippen LogP contribution in [0.1, 0.15) is 66.6 Å². The van der Waals surface area contributed by atoms with Gasteiger partial charge < -0.3 is 20.1 Å². The molecule has 0 unspecified atom stereocenters. The molecular formula is C28H36N4O7S. The minimum atomic E-state index is -3.80. The van der Waals surface area contributed by atoms with E-state index in [2.05, 4.69) is 0 Å². The molecule has 0 spiro atoms. The van der Waals surface area contributed by atoms with Crippen LogP contribution in [-0.2, 0) is 25.9 Å². The number of hydrogen-bond acceptors (Lipinski definition) is 8. The Kier molecular flexibility index (Phi) is 9.24. The molecule has 0 aromatic heterocycles. The lowest BCUT2D eigenvalue weighted by Gasteiger charge is -2.34. The topological polar surface area (TPSA) is 160 Å². The fraction of sp³-hybridized carbons (Fsp3) is 0.429. The highest BCUT2D eigenvalue weighted by Crippen LogP contribution is 2.35. The first-order valence-electron chi connectivity index (χ1n) is 12.8. The average molecular weight is 573 g/mol. The molecule has 11 nitrogen and oxygen atoms in total. The first-order chi connectivity index (χ1) is 18.6. The Balaban J connectivity index is 1.86. The zero-order chi connectivity index (χ0) is 29.8. The number of ether oxygens (including phenoxy) is 2. The number of imide groups is 1. The number of sulfone groups is 1. The number of nitrogens with two attached hydrogens (primary N) is 1. The van der Waals surface area contributed by atoms with Gasteiger partial charge in [0.1, 0.15) is 12.2 Å². The number of likely N-dealkylation sites (tertiary alicyclic amines) is 1. The molecule has 3 rings (SSSR count). The molecule has 216 valence electrons. The van der Waals surface area contributed by atoms with Gasteiger partial charge in [0.15, 0.2) is 9.84 Å². The summed E-state index contributed by atoms with van der Waals surface area (Å²) in [4.78, 5) is 40.5. The van der Waals surface area contributed by atoms with Crippen LogP contribution in [-0.4, -0.2) is 67.2 Å². The van der Waals surface area contributed by atoms with Crippen LogP contribution in [0.2, 0.25) is 0 Å². The molecule has 0 aliphatic carbocycles. The molecule has 1 aliphatic heterocycles. The first-order valence-corrected chi connectivity index (χ1v) is 14.7. The van der Waals surface area contributed by atoms with Crippen LogP contribution >= 0.6 is 0 Å². The van der Waals surface area contributed by atoms with Crippen LogP contribution in [0.25, 0.3) is 0 Å². The molecule has 12 heteroatoms. The predicted octanol–water partition coefficient (Wildman–Crippen LogP) is 4.19. The highest BCUT2D eigenvalue weighted by Gasteiger charge is 2.33. The van der Waals surface area contributed by atoms with Gasteiger partial charge in [0.05, 0.1) is 4.90 Å². The number of benzene rings is 2. The quantitative estimate of drug-likeness (QED) is 0.398. The summed E-state index contributed by atoms with van der Waals surface area (Å²) in [7, 11) is -3.80. The monoisotopic (exact) mass is 572 g/mol. The van der Waals surface area contributed by atoms with E-state index >= 15 is 0 Å². The maximum Gasteiger partial charge on any atom is 0.424 e. The highest BCUT2D eigenvalue weighted by molar-refractivity contribution is 7.90. The second kappa shape index (κ2) is 12.1. The number of carbonyl (C=O) groups excluding carboxylic acids is 3. The molecule has 0 radical (unpaired) electrons. The number of nitrogens with zero attached hydrogens (tertiary/aromatic N) is 2. The van der Waals surface area contributed by atoms with Crippen LogP contribution in [0, 0.1) is 12.3 Å². The van der Waals surface area contributed by atoms with Gasteiger partial charge in [-0.3, -0.25) is 10.2 Å². The van der Waals surface area contributed by atoms with E-state index in [1.807, 2.05) is 0 Å². The Hall–Kier alpha value is -3.93. The van der Waals surface area contributed by atoms with E-state index in [9.17, 15) is 22.8 Å². The third kappa shape index (κ3) is 7.59. The Morgan fingerprint density at radius 1 is 1.10 bits per heavy atom. The van der Waals surface area contributed by atoms with E-state index < -0.39 is 39.5 Å². The van der Waals surface area contributed by atoms with E-state index in [1.165, 1.54) is 6.07 Å². The average Bonchev–Trinajstić information content (AvgIpc) is 2.86. The number of aryl methyl sites for hydroxylation is 1. The number of nitrogens with one attached hydrogen (secondary N) is 1. The van der Waals surface area contributed by atoms with Crippen LogP contribution in [0.3, 0.4) is 0 Å². The summed E-state index contributed by atoms with van der Waals surface area (Å²) in [6.45, 7) is 7.60. The molecule has 40 heavy (non-hydrogen) atoms. The van der Waals surface area contributed by atoms with Crippen molar-refractivity contribution in [2.24, 2.45) is 5.73 Å². The maximum atomic E-state index is 13.4. The van der Waals surface area contributed by atoms with Gasteiger partial charge in [-0.15, -0.1) is 0 Å². The molecular weight excluding hydrogens is 536 g/mol. The molecule has 2 aromatic rings. The van der Waals surface area contributed by atoms with Gasteiger partial charge in [0.2, 0.25) is 5.96 Å². The summed E-state index contributed by atoms with van der Waals surface area (Å²) in [5.74, 6) is -2.02. The van der Waals surface area contributed by atoms with Gasteiger partial charge in [-0.05, 0) is 69.2 Å². The largest absolute Gasteiger partial charge is 0.444 e. The van der Waals surface area contributed by atoms with Crippen LogP contribution in [0.15, 0.2) is 47.4 Å². The standard InChI is InChI=1S/C28H36N4O7S/c1-18-15-22(20-11-13-31(14-12-20)26(34)39-28(2,3)4)23(40(5,36)37)16-21(18)24(33)32(25(29)30)27(35)38-17-19-9-7-6-8-10-19/h6-10,15-16,20H,11-14,17H2,1-5H3,(H3,29,30). The van der Waals surface area contributed by atoms with Crippen molar-refractivity contribution in [1.82, 2.24) is 9.80 Å². The van der Waals surface area contributed by atoms with Gasteiger partial charge in [-0.25, -0.2) is 18.0 Å². The summed E-state index contributed by atoms with van der Waals surface area (Å²) in [5, 5.41) is 7.82. The second-order valence-electron chi connectivity index (χ2n) is 10.8. The van der Waals surface area contributed by atoms with Gasteiger partial charge in [-0.1, -0.05) is 36.4 Å². The summed E-state index contributed by atoms with van der Waals surface area (Å²) in [6, 6.07) is 11.6. The molecule has 0 bridgehead atoms. The molecule has 0 atom stereocenters. The molecule has 1 aliphatic rings. The molecule has 1 heterocycles. The molecule has 3 N–H and O–H groups in total. The number of carbonyl (C=O) groups is 3. The Morgan fingerprint density at radius 3 is 2.23 bits per heavy atom. The Morgan fingerprint density at radius 2 is 1.70 bits per heavy atom. The van der Waals surface area contributed by atoms with Crippen molar-refractivity contribution in [1.29, 1.82) is 5.41 Å². The lowest BCUT2D eigenvalue weighted by molar-refractivity contribution is 0.0204. The third-order valence-electron chi connectivity index (χ3n) is 6.40. The molecule has 3 amide bonds. The minimum absolute atomic E-state index is 0.0571. The SMILES string of the molecule is Cc1cc(C2CCN(C(=O)OC(C)(C)C)CC2)c(S(C)(=O)=O)cc1C(=O)N(C(=N)N)C(=O)OCc1ccccc1. The zero-order valence-electron chi connectivity index (χ0n) is 23.4. The molecule has 1 fully saturated rings. The van der Waals surface area contributed by atoms with E-state index in [0.717, 1.165) is 6.26 Å². The van der Waals surface area contributed by atoms with E-state index in [1.54, 1.807) is 69.0 Å². The summed E-state index contributed by atoms with van der Waals surface area (Å²) in [5.41, 5.74) is 6.45. The van der Waals surface area contributed by atoms with Crippen molar-refractivity contribution in [3.8, 4) is 0 Å². The lowest BCUT2D eigenvalue weighted by Crippen LogP contribution is -2.46. The Labute approximate surface area is 234 Å². The van der Waals surface area contributed by atoms with E-state index in [-0.39, 0.29) is 23.0 Å². The van der Waals surface area contributed by atoms with Crippen LogP contribution in [0.5, 0.6) is 0 Å². The van der Waals surface area contributed by atoms with Crippen molar-refractivity contribution < 1.29 is 32.3 Å². The van der Waals surface area contributed by atoms with Crippen molar-refractivity contribution in [3.05, 3.63) is 64.7 Å². The van der Waals surface area contributed by atoms with Crippen LogP contribution < -0.4 is 5.73 Å². The number of piperidine rings is 1. The minimum Gasteiger partial charge on any atom is -0.444 e. The summed E-state index contributed by atoms with van der Waals surface area (Å²) < 4.78 is 36.3. The van der Waals surface area contributed by atoms with E-state index in [0.29, 0.717) is 47.5 Å². The van der Waals surface area contributed by atoms with Gasteiger partial charge >= 0.3 is 12.2 Å². The fourth-order valence-corrected chi connectivity index (χ4v) is 5.46. The summed E-state index contributed by atoms with van der Waals surface area (Å²) >= 11 is 0. The van der Waals surface area contributed by atoms with E-state index in [4.69, 9.17) is 20.6 Å². The predicted molar refractivity (Wildman–Crippen MR) is 149 cm³/mol. The van der Waals surface area contributed by atoms with Crippen molar-refractivity contribution in [3.63, 3.8) is 0 Å². The number of amides is 3. The zero-order valence-corrected chi connectivity index (χ0v) is 24.2. The first kappa shape index (κ1) is 30.6. The highest BCUT2D eigenvalue weighted by atomic mass is 32.2. The normalized spacial score (nSPS) is 14.4. The fourth-order valence-electron chi connectivity index (χ4n) is 4.48. The van der Waals surface area contributed by atoms with Crippen molar-refractivity contribution >= 4 is 33.9 Å². The number of hydrogen-bond donors (Lipinski definition) is 2. The van der Waals surface area contributed by atoms with Gasteiger partial charge in [-0.2, -0.15) is 4.90 Å². The number of guanidine groups is 1. The third-order valence-corrected chi connectivity index (χ3v) is 7.56. The van der Waals surface area contributed by atoms with Gasteiger partial charge in [0, 0.05) is 24.9 Å². The Bertz CT molecular complexity index is 1390. The molecule has 2 aromatic carbocycles. The molecule has 1 saturated heterocycles. The maximum absolute atomic E-state index is 13.4. The number of rotatable bonds is 5. The summed E-state index contributed by atoms with van der Waals surface area (Å²) in [6.07, 6.45) is 0.470.